The first-order valence-corrected chi connectivity index (χ1v) is 11.7. The second-order valence-corrected chi connectivity index (χ2v) is 9.65. The summed E-state index contributed by atoms with van der Waals surface area (Å²) < 4.78 is 0. The molecule has 2 aromatic rings. The van der Waals surface area contributed by atoms with Crippen LogP contribution in [0.15, 0.2) is 23.6 Å². The summed E-state index contributed by atoms with van der Waals surface area (Å²) in [6.45, 7) is 8.19. The van der Waals surface area contributed by atoms with Gasteiger partial charge < -0.3 is 10.2 Å². The molecule has 0 unspecified atom stereocenters. The van der Waals surface area contributed by atoms with Crippen LogP contribution in [0.1, 0.15) is 58.1 Å². The number of piperidine rings is 1. The van der Waals surface area contributed by atoms with Crippen LogP contribution in [0.2, 0.25) is 0 Å². The number of benzene rings is 1. The smallest absolute Gasteiger partial charge is 0.264 e. The van der Waals surface area contributed by atoms with E-state index < -0.39 is 0 Å². The number of nitrogens with zero attached hydrogens (tertiary/aromatic N) is 3. The van der Waals surface area contributed by atoms with E-state index in [1.807, 2.05) is 24.4 Å². The number of amides is 3. The zero-order valence-electron chi connectivity index (χ0n) is 18.2. The third kappa shape index (κ3) is 4.35. The molecule has 0 bridgehead atoms. The summed E-state index contributed by atoms with van der Waals surface area (Å²) in [6.07, 6.45) is 1.70. The highest BCUT2D eigenvalue weighted by molar-refractivity contribution is 7.09. The van der Waals surface area contributed by atoms with Gasteiger partial charge in [0.25, 0.3) is 11.8 Å². The van der Waals surface area contributed by atoms with Gasteiger partial charge in [0.2, 0.25) is 5.91 Å². The third-order valence-corrected chi connectivity index (χ3v) is 6.71. The molecule has 0 spiro atoms. The lowest BCUT2D eigenvalue weighted by Gasteiger charge is -2.34. The molecule has 1 fully saturated rings. The fourth-order valence-corrected chi connectivity index (χ4v) is 4.95. The second kappa shape index (κ2) is 8.78. The summed E-state index contributed by atoms with van der Waals surface area (Å²) in [7, 11) is 0. The summed E-state index contributed by atoms with van der Waals surface area (Å²) in [5.74, 6) is -0.218. The van der Waals surface area contributed by atoms with E-state index in [0.717, 1.165) is 35.8 Å². The molecule has 0 saturated carbocycles. The van der Waals surface area contributed by atoms with Crippen LogP contribution >= 0.6 is 11.3 Å². The molecule has 1 saturated heterocycles. The highest BCUT2D eigenvalue weighted by atomic mass is 32.1. The Balaban J connectivity index is 1.55. The number of nitrogens with one attached hydrogen (secondary N) is 1. The molecule has 4 rings (SSSR count). The maximum absolute atomic E-state index is 13.3. The molecule has 3 amide bonds. The molecule has 0 aliphatic carbocycles. The number of aromatic nitrogens is 1. The molecule has 8 heteroatoms. The lowest BCUT2D eigenvalue weighted by molar-refractivity contribution is -0.125. The van der Waals surface area contributed by atoms with Crippen LogP contribution in [0.4, 0.5) is 5.69 Å². The van der Waals surface area contributed by atoms with Gasteiger partial charge in [-0.1, -0.05) is 19.9 Å². The normalized spacial score (nSPS) is 18.6. The first-order chi connectivity index (χ1) is 14.8. The number of fused-ring (bicyclic) bond motifs is 1. The molecule has 0 radical (unpaired) electrons. The summed E-state index contributed by atoms with van der Waals surface area (Å²) in [5, 5.41) is 5.69. The minimum absolute atomic E-state index is 0.0640. The van der Waals surface area contributed by atoms with Gasteiger partial charge in [-0.15, -0.1) is 11.3 Å². The Morgan fingerprint density at radius 3 is 2.81 bits per heavy atom. The third-order valence-electron chi connectivity index (χ3n) is 5.75. The van der Waals surface area contributed by atoms with E-state index in [-0.39, 0.29) is 30.2 Å². The van der Waals surface area contributed by atoms with E-state index in [0.29, 0.717) is 30.1 Å². The fraction of sp³-hybridized carbons (Fsp3) is 0.478. The van der Waals surface area contributed by atoms with Gasteiger partial charge in [-0.2, -0.15) is 0 Å². The average molecular weight is 441 g/mol. The van der Waals surface area contributed by atoms with Crippen molar-refractivity contribution in [3.63, 3.8) is 0 Å². The van der Waals surface area contributed by atoms with Crippen molar-refractivity contribution < 1.29 is 14.4 Å². The van der Waals surface area contributed by atoms with E-state index in [1.165, 1.54) is 16.2 Å². The van der Waals surface area contributed by atoms with E-state index in [1.54, 1.807) is 6.07 Å². The van der Waals surface area contributed by atoms with Crippen LogP contribution in [-0.4, -0.2) is 47.2 Å². The Hall–Kier alpha value is -2.74. The Labute approximate surface area is 186 Å². The number of imide groups is 1. The van der Waals surface area contributed by atoms with Crippen LogP contribution in [0.5, 0.6) is 0 Å². The van der Waals surface area contributed by atoms with Gasteiger partial charge in [-0.25, -0.2) is 4.98 Å². The molecule has 2 aliphatic rings. The molecule has 2 aliphatic heterocycles. The van der Waals surface area contributed by atoms with Crippen molar-refractivity contribution in [3.05, 3.63) is 45.4 Å². The van der Waals surface area contributed by atoms with Crippen molar-refractivity contribution in [2.24, 2.45) is 11.8 Å². The van der Waals surface area contributed by atoms with E-state index >= 15 is 0 Å². The number of thiazole rings is 1. The SMILES string of the molecule is Cc1csc(CN2C(=O)c3cccc(N4CCC[C@@H](C(=O)NCC(C)C)C4)c3C2=O)n1. The number of anilines is 1. The first-order valence-electron chi connectivity index (χ1n) is 10.8. The van der Waals surface area contributed by atoms with Crippen LogP contribution in [0.3, 0.4) is 0 Å². The Morgan fingerprint density at radius 2 is 2.10 bits per heavy atom. The summed E-state index contributed by atoms with van der Waals surface area (Å²) >= 11 is 1.45. The molecule has 1 atom stereocenters. The van der Waals surface area contributed by atoms with Gasteiger partial charge in [-0.05, 0) is 37.8 Å². The number of hydrogen-bond donors (Lipinski definition) is 1. The summed E-state index contributed by atoms with van der Waals surface area (Å²) in [6, 6.07) is 5.41. The monoisotopic (exact) mass is 440 g/mol. The Kier molecular flexibility index (Phi) is 6.09. The van der Waals surface area contributed by atoms with E-state index in [4.69, 9.17) is 0 Å². The van der Waals surface area contributed by atoms with Gasteiger partial charge >= 0.3 is 0 Å². The quantitative estimate of drug-likeness (QED) is 0.698. The van der Waals surface area contributed by atoms with Crippen molar-refractivity contribution in [2.45, 2.75) is 40.2 Å². The number of aryl methyl sites for hydroxylation is 1. The predicted octanol–water partition coefficient (Wildman–Crippen LogP) is 3.24. The second-order valence-electron chi connectivity index (χ2n) is 8.70. The lowest BCUT2D eigenvalue weighted by Crippen LogP contribution is -2.44. The van der Waals surface area contributed by atoms with Crippen molar-refractivity contribution in [1.29, 1.82) is 0 Å². The van der Waals surface area contributed by atoms with Crippen LogP contribution < -0.4 is 10.2 Å². The molecule has 1 aromatic carbocycles. The van der Waals surface area contributed by atoms with Gasteiger partial charge in [0.15, 0.2) is 0 Å². The number of carbonyl (C=O) groups excluding carboxylic acids is 3. The van der Waals surface area contributed by atoms with Crippen molar-refractivity contribution in [3.8, 4) is 0 Å². The topological polar surface area (TPSA) is 82.6 Å². The van der Waals surface area contributed by atoms with Gasteiger partial charge in [0.1, 0.15) is 5.01 Å². The Bertz CT molecular complexity index is 1020. The molecule has 31 heavy (non-hydrogen) atoms. The minimum atomic E-state index is -0.283. The zero-order chi connectivity index (χ0) is 22.1. The fourth-order valence-electron chi connectivity index (χ4n) is 4.19. The Morgan fingerprint density at radius 1 is 1.29 bits per heavy atom. The van der Waals surface area contributed by atoms with Crippen molar-refractivity contribution >= 4 is 34.7 Å². The van der Waals surface area contributed by atoms with Gasteiger partial charge in [-0.3, -0.25) is 19.3 Å². The zero-order valence-corrected chi connectivity index (χ0v) is 19.0. The van der Waals surface area contributed by atoms with Crippen LogP contribution in [-0.2, 0) is 11.3 Å². The maximum atomic E-state index is 13.3. The highest BCUT2D eigenvalue weighted by Gasteiger charge is 2.39. The predicted molar refractivity (Wildman–Crippen MR) is 120 cm³/mol. The van der Waals surface area contributed by atoms with E-state index in [2.05, 4.69) is 29.0 Å². The van der Waals surface area contributed by atoms with E-state index in [9.17, 15) is 14.4 Å². The largest absolute Gasteiger partial charge is 0.370 e. The molecule has 1 N–H and O–H groups in total. The maximum Gasteiger partial charge on any atom is 0.264 e. The highest BCUT2D eigenvalue weighted by Crippen LogP contribution is 2.35. The summed E-state index contributed by atoms with van der Waals surface area (Å²) in [5.41, 5.74) is 2.51. The van der Waals surface area contributed by atoms with Crippen molar-refractivity contribution in [1.82, 2.24) is 15.2 Å². The molecule has 164 valence electrons. The first kappa shape index (κ1) is 21.5. The van der Waals surface area contributed by atoms with Gasteiger partial charge in [0.05, 0.1) is 29.3 Å². The van der Waals surface area contributed by atoms with Crippen LogP contribution in [0, 0.1) is 18.8 Å². The lowest BCUT2D eigenvalue weighted by atomic mass is 9.95. The molecular weight excluding hydrogens is 412 g/mol. The molecule has 1 aromatic heterocycles. The number of rotatable bonds is 6. The minimum Gasteiger partial charge on any atom is -0.370 e. The molecule has 7 nitrogen and oxygen atoms in total. The summed E-state index contributed by atoms with van der Waals surface area (Å²) in [4.78, 5) is 46.6. The van der Waals surface area contributed by atoms with Crippen LogP contribution in [0.25, 0.3) is 0 Å². The van der Waals surface area contributed by atoms with Crippen molar-refractivity contribution in [2.75, 3.05) is 24.5 Å². The standard InChI is InChI=1S/C23H28N4O3S/c1-14(2)10-24-21(28)16-6-5-9-26(11-16)18-8-4-7-17-20(18)23(30)27(22(17)29)12-19-25-15(3)13-31-19/h4,7-8,13-14,16H,5-6,9-12H2,1-3H3,(H,24,28)/t16-/m1/s1. The van der Waals surface area contributed by atoms with Gasteiger partial charge in [0, 0.05) is 30.7 Å². The molecule has 3 heterocycles. The molecular formula is C23H28N4O3S. The number of carbonyl (C=O) groups is 3. The number of hydrogen-bond acceptors (Lipinski definition) is 6. The average Bonchev–Trinajstić information content (AvgIpc) is 3.28.